The molecule has 4 heteroatoms. The van der Waals surface area contributed by atoms with E-state index in [1.54, 1.807) is 0 Å². The smallest absolute Gasteiger partial charge is 0.120 e. The van der Waals surface area contributed by atoms with Crippen molar-refractivity contribution in [3.63, 3.8) is 0 Å². The maximum atomic E-state index is 5.87. The zero-order valence-corrected chi connectivity index (χ0v) is 14.6. The minimum atomic E-state index is 0. The minimum absolute atomic E-state index is 0. The molecule has 0 aromatic heterocycles. The lowest BCUT2D eigenvalue weighted by atomic mass is 10.2. The van der Waals surface area contributed by atoms with Gasteiger partial charge in [0, 0.05) is 17.6 Å². The molecule has 22 heavy (non-hydrogen) atoms. The van der Waals surface area contributed by atoms with E-state index in [-0.39, 0.29) is 12.4 Å². The van der Waals surface area contributed by atoms with Crippen molar-refractivity contribution in [3.8, 4) is 5.75 Å². The van der Waals surface area contributed by atoms with Crippen LogP contribution in [0, 0.1) is 0 Å². The maximum absolute atomic E-state index is 5.87. The SMILES string of the molecule is CCC(C)NCc1cccc(OCc2ccc(Cl)cc2)c1.Cl. The topological polar surface area (TPSA) is 21.3 Å². The van der Waals surface area contributed by atoms with Crippen molar-refractivity contribution in [1.29, 1.82) is 0 Å². The summed E-state index contributed by atoms with van der Waals surface area (Å²) in [6.45, 7) is 5.80. The molecule has 2 nitrogen and oxygen atoms in total. The third-order valence-corrected chi connectivity index (χ3v) is 3.74. The lowest BCUT2D eigenvalue weighted by Gasteiger charge is -2.12. The van der Waals surface area contributed by atoms with Crippen molar-refractivity contribution in [2.75, 3.05) is 0 Å². The van der Waals surface area contributed by atoms with Gasteiger partial charge in [-0.3, -0.25) is 0 Å². The van der Waals surface area contributed by atoms with E-state index < -0.39 is 0 Å². The first-order valence-corrected chi connectivity index (χ1v) is 7.74. The van der Waals surface area contributed by atoms with Crippen molar-refractivity contribution in [1.82, 2.24) is 5.32 Å². The predicted octanol–water partition coefficient (Wildman–Crippen LogP) is 5.23. The fraction of sp³-hybridized carbons (Fsp3) is 0.333. The summed E-state index contributed by atoms with van der Waals surface area (Å²) in [5.74, 6) is 0.897. The number of hydrogen-bond acceptors (Lipinski definition) is 2. The molecule has 1 atom stereocenters. The molecule has 1 unspecified atom stereocenters. The van der Waals surface area contributed by atoms with Gasteiger partial charge >= 0.3 is 0 Å². The van der Waals surface area contributed by atoms with Gasteiger partial charge in [0.1, 0.15) is 12.4 Å². The Hall–Kier alpha value is -1.22. The van der Waals surface area contributed by atoms with E-state index in [4.69, 9.17) is 16.3 Å². The number of halogens is 2. The zero-order valence-electron chi connectivity index (χ0n) is 13.0. The Morgan fingerprint density at radius 3 is 2.50 bits per heavy atom. The van der Waals surface area contributed by atoms with Crippen LogP contribution in [-0.2, 0) is 13.2 Å². The van der Waals surface area contributed by atoms with Gasteiger partial charge in [0.25, 0.3) is 0 Å². The van der Waals surface area contributed by atoms with Crippen molar-refractivity contribution >= 4 is 24.0 Å². The van der Waals surface area contributed by atoms with Crippen LogP contribution in [0.2, 0.25) is 5.02 Å². The molecule has 0 aliphatic heterocycles. The van der Waals surface area contributed by atoms with Crippen molar-refractivity contribution in [2.24, 2.45) is 0 Å². The van der Waals surface area contributed by atoms with Gasteiger partial charge in [-0.25, -0.2) is 0 Å². The molecule has 2 rings (SSSR count). The largest absolute Gasteiger partial charge is 0.489 e. The number of ether oxygens (including phenoxy) is 1. The minimum Gasteiger partial charge on any atom is -0.489 e. The standard InChI is InChI=1S/C18H22ClNO.ClH/c1-3-14(2)20-12-16-5-4-6-18(11-16)21-13-15-7-9-17(19)10-8-15;/h4-11,14,20H,3,12-13H2,1-2H3;1H. The molecule has 2 aromatic rings. The molecule has 0 saturated heterocycles. The molecule has 0 aliphatic carbocycles. The Balaban J connectivity index is 0.00000242. The molecule has 0 bridgehead atoms. The van der Waals surface area contributed by atoms with Gasteiger partial charge < -0.3 is 10.1 Å². The summed E-state index contributed by atoms with van der Waals surface area (Å²) in [7, 11) is 0. The van der Waals surface area contributed by atoms with Gasteiger partial charge in [-0.15, -0.1) is 12.4 Å². The summed E-state index contributed by atoms with van der Waals surface area (Å²) in [5, 5.41) is 4.23. The fourth-order valence-electron chi connectivity index (χ4n) is 1.93. The van der Waals surface area contributed by atoms with E-state index >= 15 is 0 Å². The summed E-state index contributed by atoms with van der Waals surface area (Å²) in [6, 6.07) is 16.5. The summed E-state index contributed by atoms with van der Waals surface area (Å²) < 4.78 is 5.83. The van der Waals surface area contributed by atoms with Crippen LogP contribution in [0.4, 0.5) is 0 Å². The van der Waals surface area contributed by atoms with Gasteiger partial charge in [-0.05, 0) is 48.7 Å². The van der Waals surface area contributed by atoms with E-state index in [0.717, 1.165) is 29.3 Å². The molecule has 0 fully saturated rings. The van der Waals surface area contributed by atoms with Crippen molar-refractivity contribution < 1.29 is 4.74 Å². The quantitative estimate of drug-likeness (QED) is 0.745. The molecule has 0 saturated carbocycles. The first-order valence-electron chi connectivity index (χ1n) is 7.37. The Morgan fingerprint density at radius 1 is 1.09 bits per heavy atom. The van der Waals surface area contributed by atoms with Crippen LogP contribution in [0.5, 0.6) is 5.75 Å². The maximum Gasteiger partial charge on any atom is 0.120 e. The zero-order chi connectivity index (χ0) is 15.1. The van der Waals surface area contributed by atoms with Crippen LogP contribution in [0.15, 0.2) is 48.5 Å². The lowest BCUT2D eigenvalue weighted by molar-refractivity contribution is 0.306. The van der Waals surface area contributed by atoms with Crippen molar-refractivity contribution in [3.05, 3.63) is 64.7 Å². The molecule has 0 spiro atoms. The highest BCUT2D eigenvalue weighted by Gasteiger charge is 2.01. The average molecular weight is 340 g/mol. The number of rotatable bonds is 7. The molecule has 0 radical (unpaired) electrons. The van der Waals surface area contributed by atoms with E-state index in [9.17, 15) is 0 Å². The molecule has 2 aromatic carbocycles. The van der Waals surface area contributed by atoms with Gasteiger partial charge in [-0.1, -0.05) is 42.8 Å². The van der Waals surface area contributed by atoms with Crippen molar-refractivity contribution in [2.45, 2.75) is 39.5 Å². The van der Waals surface area contributed by atoms with Gasteiger partial charge in [0.15, 0.2) is 0 Å². The molecule has 0 aliphatic rings. The number of benzene rings is 2. The van der Waals surface area contributed by atoms with Gasteiger partial charge in [-0.2, -0.15) is 0 Å². The molecular weight excluding hydrogens is 317 g/mol. The predicted molar refractivity (Wildman–Crippen MR) is 96.1 cm³/mol. The molecule has 0 heterocycles. The van der Waals surface area contributed by atoms with E-state index in [1.165, 1.54) is 5.56 Å². The Kier molecular flexibility index (Phi) is 8.32. The third kappa shape index (κ3) is 6.27. The monoisotopic (exact) mass is 339 g/mol. The Labute approximate surface area is 144 Å². The fourth-order valence-corrected chi connectivity index (χ4v) is 2.05. The summed E-state index contributed by atoms with van der Waals surface area (Å²) in [4.78, 5) is 0. The second kappa shape index (κ2) is 9.73. The summed E-state index contributed by atoms with van der Waals surface area (Å²) >= 11 is 5.87. The number of hydrogen-bond donors (Lipinski definition) is 1. The first-order chi connectivity index (χ1) is 10.2. The van der Waals surface area contributed by atoms with E-state index in [1.807, 2.05) is 36.4 Å². The molecule has 120 valence electrons. The number of nitrogens with one attached hydrogen (secondary N) is 1. The third-order valence-electron chi connectivity index (χ3n) is 3.48. The van der Waals surface area contributed by atoms with Crippen LogP contribution >= 0.6 is 24.0 Å². The van der Waals surface area contributed by atoms with Gasteiger partial charge in [0.05, 0.1) is 0 Å². The van der Waals surface area contributed by atoms with Crippen LogP contribution in [-0.4, -0.2) is 6.04 Å². The van der Waals surface area contributed by atoms with Crippen LogP contribution in [0.1, 0.15) is 31.4 Å². The van der Waals surface area contributed by atoms with Crippen LogP contribution in [0.25, 0.3) is 0 Å². The second-order valence-corrected chi connectivity index (χ2v) is 5.69. The Bertz CT molecular complexity index is 557. The van der Waals surface area contributed by atoms with Crippen LogP contribution < -0.4 is 10.1 Å². The highest BCUT2D eigenvalue weighted by molar-refractivity contribution is 6.30. The summed E-state index contributed by atoms with van der Waals surface area (Å²) in [5.41, 5.74) is 2.35. The van der Waals surface area contributed by atoms with E-state index in [0.29, 0.717) is 12.6 Å². The molecule has 0 amide bonds. The average Bonchev–Trinajstić information content (AvgIpc) is 2.52. The first kappa shape index (κ1) is 18.8. The summed E-state index contributed by atoms with van der Waals surface area (Å²) in [6.07, 6.45) is 1.13. The van der Waals surface area contributed by atoms with Crippen LogP contribution in [0.3, 0.4) is 0 Å². The highest BCUT2D eigenvalue weighted by atomic mass is 35.5. The molecule has 1 N–H and O–H groups in total. The normalized spacial score (nSPS) is 11.6. The Morgan fingerprint density at radius 2 is 1.82 bits per heavy atom. The second-order valence-electron chi connectivity index (χ2n) is 5.25. The molecular formula is C18H23Cl2NO. The lowest BCUT2D eigenvalue weighted by Crippen LogP contribution is -2.24. The highest BCUT2D eigenvalue weighted by Crippen LogP contribution is 2.16. The van der Waals surface area contributed by atoms with Gasteiger partial charge in [0.2, 0.25) is 0 Å². The van der Waals surface area contributed by atoms with E-state index in [2.05, 4.69) is 31.3 Å².